The zero-order chi connectivity index (χ0) is 27.1. The molecule has 1 aromatic rings. The average molecular weight is 561 g/mol. The summed E-state index contributed by atoms with van der Waals surface area (Å²) in [7, 11) is 3.53. The summed E-state index contributed by atoms with van der Waals surface area (Å²) in [6, 6.07) is 2.30. The summed E-state index contributed by atoms with van der Waals surface area (Å²) in [6.45, 7) is 6.94. The number of likely N-dealkylation sites (tertiary alicyclic amines) is 1. The molecule has 5 aliphatic heterocycles. The van der Waals surface area contributed by atoms with Crippen LogP contribution >= 0.6 is 11.8 Å². The van der Waals surface area contributed by atoms with Crippen molar-refractivity contribution in [2.24, 2.45) is 22.1 Å². The molecule has 214 valence electrons. The Morgan fingerprint density at radius 1 is 1.31 bits per heavy atom. The van der Waals surface area contributed by atoms with Gasteiger partial charge < -0.3 is 44.5 Å². The third-order valence-electron chi connectivity index (χ3n) is 8.96. The highest BCUT2D eigenvalue weighted by atomic mass is 32.2. The number of aliphatic hydroxyl groups is 1. The van der Waals surface area contributed by atoms with Crippen LogP contribution in [0, 0.1) is 11.3 Å². The molecule has 0 saturated carbocycles. The molecule has 3 N–H and O–H groups in total. The molecule has 1 aromatic heterocycles. The fraction of sp³-hybridized carbons (Fsp3) is 0.704. The van der Waals surface area contributed by atoms with Gasteiger partial charge in [0, 0.05) is 63.6 Å². The number of aliphatic hydroxyl groups excluding tert-OH is 1. The minimum absolute atomic E-state index is 0.0466. The molecule has 0 aliphatic carbocycles. The second-order valence-electron chi connectivity index (χ2n) is 11.4. The predicted molar refractivity (Wildman–Crippen MR) is 149 cm³/mol. The van der Waals surface area contributed by atoms with E-state index in [2.05, 4.69) is 21.7 Å². The Labute approximate surface area is 234 Å². The number of nitrogens with zero attached hydrogens (tertiary/aromatic N) is 5. The molecule has 0 aromatic carbocycles. The summed E-state index contributed by atoms with van der Waals surface area (Å²) in [4.78, 5) is 17.6. The number of thioether (sulfide) groups is 1. The number of methoxy groups -OCH3 is 1. The number of fused-ring (bicyclic) bond motifs is 3. The van der Waals surface area contributed by atoms with Gasteiger partial charge in [-0.25, -0.2) is 9.98 Å². The SMILES string of the molecule is COCOCC1C[C@H]2COc3c(SC4=CN=C(N5CCC6(CC5)CO[C@@H](C)[C@H]6N)N(C)C4O)ccnc3N2C1. The summed E-state index contributed by atoms with van der Waals surface area (Å²) < 4.78 is 22.8. The number of aliphatic imine (C=N–C) groups is 1. The molecule has 3 fully saturated rings. The fourth-order valence-corrected chi connectivity index (χ4v) is 7.58. The van der Waals surface area contributed by atoms with Gasteiger partial charge in [0.1, 0.15) is 13.4 Å². The first kappa shape index (κ1) is 27.1. The molecule has 2 unspecified atom stereocenters. The number of pyridine rings is 1. The van der Waals surface area contributed by atoms with Crippen molar-refractivity contribution in [3.63, 3.8) is 0 Å². The lowest BCUT2D eigenvalue weighted by Gasteiger charge is -2.45. The molecule has 11 nitrogen and oxygen atoms in total. The van der Waals surface area contributed by atoms with Crippen LogP contribution in [0.1, 0.15) is 26.2 Å². The fourth-order valence-electron chi connectivity index (χ4n) is 6.59. The van der Waals surface area contributed by atoms with Gasteiger partial charge >= 0.3 is 0 Å². The van der Waals surface area contributed by atoms with Crippen LogP contribution in [0.15, 0.2) is 33.3 Å². The molecular formula is C27H40N6O5S. The van der Waals surface area contributed by atoms with Crippen molar-refractivity contribution in [1.82, 2.24) is 14.8 Å². The van der Waals surface area contributed by atoms with Crippen LogP contribution in [0.2, 0.25) is 0 Å². The first-order valence-corrected chi connectivity index (χ1v) is 14.7. The molecular weight excluding hydrogens is 520 g/mol. The molecule has 6 rings (SSSR count). The largest absolute Gasteiger partial charge is 0.486 e. The van der Waals surface area contributed by atoms with Crippen LogP contribution in [-0.4, -0.2) is 111 Å². The summed E-state index contributed by atoms with van der Waals surface area (Å²) >= 11 is 1.49. The summed E-state index contributed by atoms with van der Waals surface area (Å²) in [6.07, 6.45) is 5.84. The van der Waals surface area contributed by atoms with Crippen LogP contribution in [0.3, 0.4) is 0 Å². The normalized spacial score (nSPS) is 31.6. The number of ether oxygens (including phenoxy) is 4. The number of anilines is 1. The highest BCUT2D eigenvalue weighted by Gasteiger charge is 2.48. The second kappa shape index (κ2) is 11.1. The standard InChI is InChI=1S/C27H40N6O5S/c1-17-23(28)27(15-38-17)5-8-32(9-6-27)26-30-11-21(25(34)31(26)2)39-20-4-7-29-24-22(20)37-14-19-10-18(12-33(19)24)13-36-16-35-3/h4,7,11,17-19,23,25,34H,5-6,8-10,12-16,28H2,1-3H3/t17-,18?,19-,23+,25?/m0/s1. The Balaban J connectivity index is 1.14. The molecule has 0 bridgehead atoms. The smallest absolute Gasteiger partial charge is 0.203 e. The number of hydrogen-bond acceptors (Lipinski definition) is 12. The van der Waals surface area contributed by atoms with E-state index in [1.54, 1.807) is 13.3 Å². The lowest BCUT2D eigenvalue weighted by atomic mass is 9.73. The van der Waals surface area contributed by atoms with Gasteiger partial charge in [0.25, 0.3) is 0 Å². The number of likely N-dealkylation sites (N-methyl/N-ethyl adjacent to an activating group) is 1. The molecule has 6 heterocycles. The van der Waals surface area contributed by atoms with Gasteiger partial charge in [-0.05, 0) is 32.3 Å². The van der Waals surface area contributed by atoms with Crippen molar-refractivity contribution >= 4 is 23.5 Å². The van der Waals surface area contributed by atoms with E-state index in [0.29, 0.717) is 25.9 Å². The van der Waals surface area contributed by atoms with Gasteiger partial charge in [-0.3, -0.25) is 0 Å². The van der Waals surface area contributed by atoms with E-state index in [1.165, 1.54) is 11.8 Å². The summed E-state index contributed by atoms with van der Waals surface area (Å²) in [5.41, 5.74) is 6.54. The lowest BCUT2D eigenvalue weighted by molar-refractivity contribution is -0.0414. The third-order valence-corrected chi connectivity index (χ3v) is 10.1. The van der Waals surface area contributed by atoms with Crippen molar-refractivity contribution in [2.45, 2.75) is 55.5 Å². The zero-order valence-corrected chi connectivity index (χ0v) is 23.8. The zero-order valence-electron chi connectivity index (χ0n) is 23.0. The van der Waals surface area contributed by atoms with E-state index in [4.69, 9.17) is 29.7 Å². The van der Waals surface area contributed by atoms with E-state index in [-0.39, 0.29) is 23.6 Å². The predicted octanol–water partition coefficient (Wildman–Crippen LogP) is 1.67. The first-order chi connectivity index (χ1) is 18.9. The maximum absolute atomic E-state index is 11.3. The van der Waals surface area contributed by atoms with Crippen LogP contribution in [0.5, 0.6) is 5.75 Å². The minimum Gasteiger partial charge on any atom is -0.486 e. The average Bonchev–Trinajstić information content (AvgIpc) is 3.49. The molecule has 39 heavy (non-hydrogen) atoms. The third kappa shape index (κ3) is 5.00. The Bertz CT molecular complexity index is 1110. The number of guanidine groups is 1. The van der Waals surface area contributed by atoms with Crippen molar-refractivity contribution < 1.29 is 24.1 Å². The van der Waals surface area contributed by atoms with E-state index in [9.17, 15) is 5.11 Å². The molecule has 1 spiro atoms. The van der Waals surface area contributed by atoms with Crippen LogP contribution in [0.4, 0.5) is 5.82 Å². The van der Waals surface area contributed by atoms with Crippen LogP contribution in [-0.2, 0) is 14.2 Å². The summed E-state index contributed by atoms with van der Waals surface area (Å²) in [5.74, 6) is 2.83. The van der Waals surface area contributed by atoms with Gasteiger partial charge in [-0.15, -0.1) is 0 Å². The Morgan fingerprint density at radius 2 is 2.13 bits per heavy atom. The maximum Gasteiger partial charge on any atom is 0.203 e. The van der Waals surface area contributed by atoms with Crippen LogP contribution in [0.25, 0.3) is 0 Å². The Morgan fingerprint density at radius 3 is 2.87 bits per heavy atom. The molecule has 5 atom stereocenters. The lowest BCUT2D eigenvalue weighted by Crippen LogP contribution is -2.55. The van der Waals surface area contributed by atoms with Crippen molar-refractivity contribution in [3.05, 3.63) is 23.4 Å². The van der Waals surface area contributed by atoms with E-state index >= 15 is 0 Å². The van der Waals surface area contributed by atoms with Gasteiger partial charge in [-0.2, -0.15) is 0 Å². The molecule has 0 amide bonds. The van der Waals surface area contributed by atoms with Crippen LogP contribution < -0.4 is 15.4 Å². The molecule has 12 heteroatoms. The Kier molecular flexibility index (Phi) is 7.68. The summed E-state index contributed by atoms with van der Waals surface area (Å²) in [5, 5.41) is 11.3. The number of piperidine rings is 1. The quantitative estimate of drug-likeness (QED) is 0.391. The number of hydrogen-bond donors (Lipinski definition) is 2. The first-order valence-electron chi connectivity index (χ1n) is 13.8. The van der Waals surface area contributed by atoms with Crippen molar-refractivity contribution in [1.29, 1.82) is 0 Å². The topological polar surface area (TPSA) is 118 Å². The van der Waals surface area contributed by atoms with Gasteiger partial charge in [0.15, 0.2) is 17.8 Å². The van der Waals surface area contributed by atoms with E-state index in [1.807, 2.05) is 24.2 Å². The Hall–Kier alpha value is -2.09. The van der Waals surface area contributed by atoms with E-state index < -0.39 is 6.23 Å². The number of aromatic nitrogens is 1. The van der Waals surface area contributed by atoms with Gasteiger partial charge in [0.2, 0.25) is 5.96 Å². The number of nitrogens with two attached hydrogens (primary N) is 1. The van der Waals surface area contributed by atoms with Crippen molar-refractivity contribution in [2.75, 3.05) is 65.3 Å². The highest BCUT2D eigenvalue weighted by molar-refractivity contribution is 8.03. The number of rotatable bonds is 6. The molecule has 0 radical (unpaired) electrons. The van der Waals surface area contributed by atoms with Gasteiger partial charge in [-0.1, -0.05) is 11.8 Å². The molecule has 5 aliphatic rings. The van der Waals surface area contributed by atoms with Crippen molar-refractivity contribution in [3.8, 4) is 5.75 Å². The minimum atomic E-state index is -0.801. The highest BCUT2D eigenvalue weighted by Crippen LogP contribution is 2.46. The molecule has 3 saturated heterocycles. The second-order valence-corrected chi connectivity index (χ2v) is 12.5. The maximum atomic E-state index is 11.3. The monoisotopic (exact) mass is 560 g/mol. The van der Waals surface area contributed by atoms with E-state index in [0.717, 1.165) is 72.8 Å². The van der Waals surface area contributed by atoms with Gasteiger partial charge in [0.05, 0.1) is 35.2 Å².